The molecule has 0 bridgehead atoms. The van der Waals surface area contributed by atoms with Crippen LogP contribution in [0, 0.1) is 0 Å². The number of aromatic nitrogens is 2. The van der Waals surface area contributed by atoms with E-state index in [-0.39, 0.29) is 5.56 Å². The molecule has 0 fully saturated rings. The molecule has 1 heterocycles. The van der Waals surface area contributed by atoms with Gasteiger partial charge in [-0.1, -0.05) is 23.7 Å². The van der Waals surface area contributed by atoms with Crippen molar-refractivity contribution in [2.24, 2.45) is 0 Å². The first-order valence-corrected chi connectivity index (χ1v) is 9.99. The Morgan fingerprint density at radius 1 is 1.15 bits per heavy atom. The number of nitrogens with one attached hydrogen (secondary N) is 1. The lowest BCUT2D eigenvalue weighted by molar-refractivity contribution is 0.221. The van der Waals surface area contributed by atoms with Gasteiger partial charge >= 0.3 is 0 Å². The van der Waals surface area contributed by atoms with E-state index >= 15 is 0 Å². The van der Waals surface area contributed by atoms with E-state index in [0.717, 1.165) is 22.8 Å². The number of fused-ring (bicyclic) bond motifs is 1. The van der Waals surface area contributed by atoms with Gasteiger partial charge in [-0.2, -0.15) is 0 Å². The molecule has 26 heavy (non-hydrogen) atoms. The van der Waals surface area contributed by atoms with Crippen LogP contribution in [0.5, 0.6) is 0 Å². The fourth-order valence-electron chi connectivity index (χ4n) is 2.73. The Hall–Kier alpha value is -1.82. The standard InChI is InChI=1S/C20H22ClN3OS/c1-14(2)24(11-12-26-16-9-7-15(21)8-10-16)13-19-22-18-6-4-3-5-17(18)20(25)23-19/h3-10,14H,11-13H2,1-2H3,(H,22,23,25). The summed E-state index contributed by atoms with van der Waals surface area (Å²) in [6, 6.07) is 15.7. The summed E-state index contributed by atoms with van der Waals surface area (Å²) in [7, 11) is 0. The Morgan fingerprint density at radius 3 is 2.62 bits per heavy atom. The maximum Gasteiger partial charge on any atom is 0.258 e. The van der Waals surface area contributed by atoms with Crippen LogP contribution in [0.15, 0.2) is 58.2 Å². The highest BCUT2D eigenvalue weighted by atomic mass is 35.5. The van der Waals surface area contributed by atoms with E-state index in [1.54, 1.807) is 17.8 Å². The number of thioether (sulfide) groups is 1. The zero-order valence-corrected chi connectivity index (χ0v) is 16.5. The molecule has 0 spiro atoms. The lowest BCUT2D eigenvalue weighted by atomic mass is 10.2. The summed E-state index contributed by atoms with van der Waals surface area (Å²) < 4.78 is 0. The Morgan fingerprint density at radius 2 is 1.88 bits per heavy atom. The summed E-state index contributed by atoms with van der Waals surface area (Å²) in [4.78, 5) is 23.3. The number of para-hydroxylation sites is 1. The zero-order valence-electron chi connectivity index (χ0n) is 14.9. The molecule has 1 N–H and O–H groups in total. The number of rotatable bonds is 7. The third kappa shape index (κ3) is 4.87. The van der Waals surface area contributed by atoms with E-state index in [4.69, 9.17) is 11.6 Å². The molecule has 136 valence electrons. The van der Waals surface area contributed by atoms with E-state index in [2.05, 4.69) is 28.7 Å². The number of H-pyrrole nitrogens is 1. The largest absolute Gasteiger partial charge is 0.309 e. The fourth-order valence-corrected chi connectivity index (χ4v) is 3.75. The van der Waals surface area contributed by atoms with Crippen molar-refractivity contribution in [1.82, 2.24) is 14.9 Å². The third-order valence-corrected chi connectivity index (χ3v) is 5.45. The number of aromatic amines is 1. The second-order valence-electron chi connectivity index (χ2n) is 6.40. The highest BCUT2D eigenvalue weighted by molar-refractivity contribution is 7.99. The summed E-state index contributed by atoms with van der Waals surface area (Å²) in [5, 5.41) is 1.38. The minimum absolute atomic E-state index is 0.0788. The molecule has 0 saturated carbocycles. The average Bonchev–Trinajstić information content (AvgIpc) is 2.62. The number of hydrogen-bond donors (Lipinski definition) is 1. The van der Waals surface area contributed by atoms with E-state index in [0.29, 0.717) is 23.8 Å². The summed E-state index contributed by atoms with van der Waals surface area (Å²) in [5.41, 5.74) is 0.662. The van der Waals surface area contributed by atoms with E-state index in [1.165, 1.54) is 4.90 Å². The molecule has 0 aliphatic heterocycles. The van der Waals surface area contributed by atoms with Gasteiger partial charge in [0.05, 0.1) is 17.4 Å². The van der Waals surface area contributed by atoms with E-state index < -0.39 is 0 Å². The normalized spacial score (nSPS) is 11.6. The smallest absolute Gasteiger partial charge is 0.258 e. The van der Waals surface area contributed by atoms with Crippen molar-refractivity contribution in [3.63, 3.8) is 0 Å². The topological polar surface area (TPSA) is 49.0 Å². The van der Waals surface area contributed by atoms with Gasteiger partial charge in [-0.25, -0.2) is 4.98 Å². The molecule has 0 saturated heterocycles. The lowest BCUT2D eigenvalue weighted by Gasteiger charge is -2.25. The van der Waals surface area contributed by atoms with E-state index in [9.17, 15) is 4.79 Å². The summed E-state index contributed by atoms with van der Waals surface area (Å²) in [5.74, 6) is 1.66. The molecule has 0 aliphatic carbocycles. The van der Waals surface area contributed by atoms with Crippen LogP contribution >= 0.6 is 23.4 Å². The minimum Gasteiger partial charge on any atom is -0.309 e. The third-order valence-electron chi connectivity index (χ3n) is 4.21. The number of halogens is 1. The van der Waals surface area contributed by atoms with Crippen LogP contribution in [0.2, 0.25) is 5.02 Å². The van der Waals surface area contributed by atoms with Gasteiger partial charge in [0.15, 0.2) is 0 Å². The zero-order chi connectivity index (χ0) is 18.5. The first-order chi connectivity index (χ1) is 12.5. The van der Waals surface area contributed by atoms with Crippen molar-refractivity contribution < 1.29 is 0 Å². The molecule has 1 aromatic heterocycles. The molecule has 4 nitrogen and oxygen atoms in total. The first kappa shape index (κ1) is 19.0. The maximum absolute atomic E-state index is 12.2. The molecule has 2 aromatic carbocycles. The molecule has 0 radical (unpaired) electrons. The van der Waals surface area contributed by atoms with Crippen molar-refractivity contribution in [2.75, 3.05) is 12.3 Å². The summed E-state index contributed by atoms with van der Waals surface area (Å²) in [6.45, 7) is 5.85. The van der Waals surface area contributed by atoms with Gasteiger partial charge in [-0.15, -0.1) is 11.8 Å². The van der Waals surface area contributed by atoms with Crippen LogP contribution in [0.1, 0.15) is 19.7 Å². The molecule has 0 atom stereocenters. The Labute approximate surface area is 162 Å². The van der Waals surface area contributed by atoms with Gasteiger partial charge in [-0.05, 0) is 50.2 Å². The van der Waals surface area contributed by atoms with Crippen LogP contribution in [0.25, 0.3) is 10.9 Å². The molecule has 0 aliphatic rings. The fraction of sp³-hybridized carbons (Fsp3) is 0.300. The van der Waals surface area contributed by atoms with Crippen molar-refractivity contribution in [2.45, 2.75) is 31.3 Å². The van der Waals surface area contributed by atoms with Crippen molar-refractivity contribution in [1.29, 1.82) is 0 Å². The maximum atomic E-state index is 12.2. The van der Waals surface area contributed by atoms with Gasteiger partial charge < -0.3 is 4.98 Å². The van der Waals surface area contributed by atoms with Gasteiger partial charge in [0, 0.05) is 28.3 Å². The second kappa shape index (κ2) is 8.71. The molecule has 0 amide bonds. The highest BCUT2D eigenvalue weighted by Gasteiger charge is 2.13. The number of hydrogen-bond acceptors (Lipinski definition) is 4. The Kier molecular flexibility index (Phi) is 6.35. The number of benzene rings is 2. The van der Waals surface area contributed by atoms with Gasteiger partial charge in [0.25, 0.3) is 5.56 Å². The van der Waals surface area contributed by atoms with Crippen LogP contribution in [0.4, 0.5) is 0 Å². The molecule has 0 unspecified atom stereocenters. The predicted octanol–water partition coefficient (Wildman–Crippen LogP) is 4.58. The Bertz CT molecular complexity index is 924. The molecule has 3 aromatic rings. The van der Waals surface area contributed by atoms with Crippen LogP contribution < -0.4 is 5.56 Å². The lowest BCUT2D eigenvalue weighted by Crippen LogP contribution is -2.33. The van der Waals surface area contributed by atoms with Gasteiger partial charge in [0.1, 0.15) is 5.82 Å². The molecular formula is C20H22ClN3OS. The average molecular weight is 388 g/mol. The highest BCUT2D eigenvalue weighted by Crippen LogP contribution is 2.21. The summed E-state index contributed by atoms with van der Waals surface area (Å²) >= 11 is 7.73. The predicted molar refractivity (Wildman–Crippen MR) is 110 cm³/mol. The second-order valence-corrected chi connectivity index (χ2v) is 8.00. The van der Waals surface area contributed by atoms with Crippen molar-refractivity contribution in [3.8, 4) is 0 Å². The number of nitrogens with zero attached hydrogens (tertiary/aromatic N) is 2. The SMILES string of the molecule is CC(C)N(CCSc1ccc(Cl)cc1)Cc1nc2ccccc2c(=O)[nH]1. The monoisotopic (exact) mass is 387 g/mol. The minimum atomic E-state index is -0.0788. The molecular weight excluding hydrogens is 366 g/mol. The van der Waals surface area contributed by atoms with E-state index in [1.807, 2.05) is 42.5 Å². The van der Waals surface area contributed by atoms with Gasteiger partial charge in [-0.3, -0.25) is 9.69 Å². The van der Waals surface area contributed by atoms with Crippen LogP contribution in [-0.4, -0.2) is 33.2 Å². The van der Waals surface area contributed by atoms with Crippen molar-refractivity contribution >= 4 is 34.3 Å². The summed E-state index contributed by atoms with van der Waals surface area (Å²) in [6.07, 6.45) is 0. The quantitative estimate of drug-likeness (QED) is 0.603. The van der Waals surface area contributed by atoms with Gasteiger partial charge in [0.2, 0.25) is 0 Å². The first-order valence-electron chi connectivity index (χ1n) is 8.63. The Balaban J connectivity index is 1.66. The molecule has 3 rings (SSSR count). The van der Waals surface area contributed by atoms with Crippen molar-refractivity contribution in [3.05, 3.63) is 69.7 Å². The van der Waals surface area contributed by atoms with Crippen LogP contribution in [0.3, 0.4) is 0 Å². The van der Waals surface area contributed by atoms with Crippen LogP contribution in [-0.2, 0) is 6.54 Å². The molecule has 6 heteroatoms.